The monoisotopic (exact) mass is 304 g/mol. The van der Waals surface area contributed by atoms with Gasteiger partial charge in [0.05, 0.1) is 12.3 Å². The first kappa shape index (κ1) is 16.0. The molecule has 0 aliphatic heterocycles. The molecule has 0 fully saturated rings. The van der Waals surface area contributed by atoms with Crippen molar-refractivity contribution in [2.45, 2.75) is 32.9 Å². The molecule has 1 aromatic carbocycles. The standard InChI is InChI=1S/C16H20N2O4/c1-3-20-16(19)15-13(9-11(2)17)18-14(22-15)10-21-12-7-5-4-6-8-12/h4-8,11H,3,9-10,17H2,1-2H3. The van der Waals surface area contributed by atoms with Crippen LogP contribution in [0.3, 0.4) is 0 Å². The molecular weight excluding hydrogens is 284 g/mol. The first-order valence-electron chi connectivity index (χ1n) is 7.19. The highest BCUT2D eigenvalue weighted by Gasteiger charge is 2.22. The van der Waals surface area contributed by atoms with Gasteiger partial charge < -0.3 is 19.6 Å². The summed E-state index contributed by atoms with van der Waals surface area (Å²) in [5.41, 5.74) is 6.28. The van der Waals surface area contributed by atoms with E-state index in [1.54, 1.807) is 6.92 Å². The second kappa shape index (κ2) is 7.61. The molecule has 0 saturated heterocycles. The van der Waals surface area contributed by atoms with Crippen LogP contribution in [0, 0.1) is 0 Å². The van der Waals surface area contributed by atoms with E-state index in [0.717, 1.165) is 0 Å². The molecule has 0 saturated carbocycles. The lowest BCUT2D eigenvalue weighted by Gasteiger charge is -2.03. The van der Waals surface area contributed by atoms with Crippen LogP contribution >= 0.6 is 0 Å². The Morgan fingerprint density at radius 2 is 2.09 bits per heavy atom. The summed E-state index contributed by atoms with van der Waals surface area (Å²) in [7, 11) is 0. The molecule has 2 aromatic rings. The number of oxazole rings is 1. The smallest absolute Gasteiger partial charge is 0.376 e. The molecule has 1 heterocycles. The van der Waals surface area contributed by atoms with E-state index in [9.17, 15) is 4.79 Å². The number of hydrogen-bond acceptors (Lipinski definition) is 6. The predicted octanol–water partition coefficient (Wildman–Crippen LogP) is 2.32. The maximum atomic E-state index is 11.9. The molecule has 1 aromatic heterocycles. The van der Waals surface area contributed by atoms with Crippen molar-refractivity contribution in [2.24, 2.45) is 5.73 Å². The molecule has 1 unspecified atom stereocenters. The minimum atomic E-state index is -0.531. The summed E-state index contributed by atoms with van der Waals surface area (Å²) in [5.74, 6) is 0.595. The van der Waals surface area contributed by atoms with Gasteiger partial charge in [-0.15, -0.1) is 0 Å². The Morgan fingerprint density at radius 1 is 1.36 bits per heavy atom. The maximum absolute atomic E-state index is 11.9. The third-order valence-electron chi connectivity index (χ3n) is 2.82. The molecule has 1 atom stereocenters. The third kappa shape index (κ3) is 4.33. The number of aromatic nitrogens is 1. The number of carbonyl (C=O) groups is 1. The second-order valence-corrected chi connectivity index (χ2v) is 4.89. The van der Waals surface area contributed by atoms with Crippen molar-refractivity contribution in [3.05, 3.63) is 47.7 Å². The number of para-hydroxylation sites is 1. The summed E-state index contributed by atoms with van der Waals surface area (Å²) in [4.78, 5) is 16.2. The second-order valence-electron chi connectivity index (χ2n) is 4.89. The molecule has 22 heavy (non-hydrogen) atoms. The molecule has 6 heteroatoms. The largest absolute Gasteiger partial charge is 0.484 e. The van der Waals surface area contributed by atoms with E-state index in [4.69, 9.17) is 19.6 Å². The van der Waals surface area contributed by atoms with E-state index < -0.39 is 5.97 Å². The van der Waals surface area contributed by atoms with Crippen molar-refractivity contribution in [1.29, 1.82) is 0 Å². The summed E-state index contributed by atoms with van der Waals surface area (Å²) in [6, 6.07) is 9.17. The van der Waals surface area contributed by atoms with Crippen LogP contribution in [0.2, 0.25) is 0 Å². The van der Waals surface area contributed by atoms with Gasteiger partial charge in [-0.2, -0.15) is 0 Å². The van der Waals surface area contributed by atoms with Gasteiger partial charge in [0.1, 0.15) is 5.75 Å². The fraction of sp³-hybridized carbons (Fsp3) is 0.375. The summed E-state index contributed by atoms with van der Waals surface area (Å²) in [6.45, 7) is 3.98. The number of esters is 1. The first-order valence-corrected chi connectivity index (χ1v) is 7.19. The highest BCUT2D eigenvalue weighted by atomic mass is 16.5. The number of carbonyl (C=O) groups excluding carboxylic acids is 1. The fourth-order valence-electron chi connectivity index (χ4n) is 1.92. The van der Waals surface area contributed by atoms with Crippen molar-refractivity contribution in [3.63, 3.8) is 0 Å². The normalized spacial score (nSPS) is 12.0. The van der Waals surface area contributed by atoms with Gasteiger partial charge in [0.2, 0.25) is 11.7 Å². The van der Waals surface area contributed by atoms with E-state index >= 15 is 0 Å². The van der Waals surface area contributed by atoms with Gasteiger partial charge in [0.25, 0.3) is 0 Å². The first-order chi connectivity index (χ1) is 10.6. The van der Waals surface area contributed by atoms with Crippen LogP contribution in [0.25, 0.3) is 0 Å². The molecule has 0 bridgehead atoms. The quantitative estimate of drug-likeness (QED) is 0.790. The van der Waals surface area contributed by atoms with Gasteiger partial charge >= 0.3 is 5.97 Å². The van der Waals surface area contributed by atoms with Crippen LogP contribution < -0.4 is 10.5 Å². The van der Waals surface area contributed by atoms with Crippen molar-refractivity contribution >= 4 is 5.97 Å². The molecule has 6 nitrogen and oxygen atoms in total. The fourth-order valence-corrected chi connectivity index (χ4v) is 1.92. The van der Waals surface area contributed by atoms with E-state index in [1.807, 2.05) is 37.3 Å². The molecule has 0 aliphatic carbocycles. The Kier molecular flexibility index (Phi) is 5.55. The van der Waals surface area contributed by atoms with Gasteiger partial charge in [-0.05, 0) is 26.0 Å². The molecule has 0 radical (unpaired) electrons. The van der Waals surface area contributed by atoms with E-state index in [-0.39, 0.29) is 25.0 Å². The Bertz CT molecular complexity index is 608. The molecular formula is C16H20N2O4. The van der Waals surface area contributed by atoms with Crippen molar-refractivity contribution in [1.82, 2.24) is 4.98 Å². The van der Waals surface area contributed by atoms with Crippen LogP contribution in [0.5, 0.6) is 5.75 Å². The summed E-state index contributed by atoms with van der Waals surface area (Å²) < 4.78 is 16.0. The lowest BCUT2D eigenvalue weighted by Crippen LogP contribution is -2.20. The van der Waals surface area contributed by atoms with Crippen molar-refractivity contribution in [3.8, 4) is 5.75 Å². The van der Waals surface area contributed by atoms with Crippen molar-refractivity contribution in [2.75, 3.05) is 6.61 Å². The van der Waals surface area contributed by atoms with Crippen LogP contribution in [-0.4, -0.2) is 23.6 Å². The van der Waals surface area contributed by atoms with Crippen LogP contribution in [0.15, 0.2) is 34.7 Å². The Balaban J connectivity index is 2.12. The average molecular weight is 304 g/mol. The predicted molar refractivity (Wildman–Crippen MR) is 80.6 cm³/mol. The molecule has 0 aliphatic rings. The summed E-state index contributed by atoms with van der Waals surface area (Å²) in [6.07, 6.45) is 0.434. The Hall–Kier alpha value is -2.34. The minimum absolute atomic E-state index is 0.103. The van der Waals surface area contributed by atoms with Crippen molar-refractivity contribution < 1.29 is 18.7 Å². The maximum Gasteiger partial charge on any atom is 0.376 e. The summed E-state index contributed by atoms with van der Waals surface area (Å²) >= 11 is 0. The number of rotatable bonds is 7. The number of benzene rings is 1. The number of nitrogens with zero attached hydrogens (tertiary/aromatic N) is 1. The van der Waals surface area contributed by atoms with Crippen LogP contribution in [0.1, 0.15) is 36.0 Å². The number of ether oxygens (including phenoxy) is 2. The SMILES string of the molecule is CCOC(=O)c1oc(COc2ccccc2)nc1CC(C)N. The van der Waals surface area contributed by atoms with E-state index in [1.165, 1.54) is 0 Å². The Morgan fingerprint density at radius 3 is 2.73 bits per heavy atom. The van der Waals surface area contributed by atoms with Gasteiger partial charge in [-0.25, -0.2) is 9.78 Å². The summed E-state index contributed by atoms with van der Waals surface area (Å²) in [5, 5.41) is 0. The molecule has 0 amide bonds. The van der Waals surface area contributed by atoms with E-state index in [0.29, 0.717) is 23.8 Å². The molecule has 2 N–H and O–H groups in total. The zero-order chi connectivity index (χ0) is 15.9. The Labute approximate surface area is 129 Å². The highest BCUT2D eigenvalue weighted by Crippen LogP contribution is 2.17. The minimum Gasteiger partial charge on any atom is -0.484 e. The molecule has 118 valence electrons. The van der Waals surface area contributed by atoms with Gasteiger partial charge in [0, 0.05) is 12.5 Å². The van der Waals surface area contributed by atoms with E-state index in [2.05, 4.69) is 4.98 Å². The average Bonchev–Trinajstić information content (AvgIpc) is 2.89. The zero-order valence-electron chi connectivity index (χ0n) is 12.7. The van der Waals surface area contributed by atoms with Gasteiger partial charge in [0.15, 0.2) is 6.61 Å². The highest BCUT2D eigenvalue weighted by molar-refractivity contribution is 5.87. The number of hydrogen-bond donors (Lipinski definition) is 1. The lowest BCUT2D eigenvalue weighted by atomic mass is 10.2. The topological polar surface area (TPSA) is 87.6 Å². The van der Waals surface area contributed by atoms with Crippen LogP contribution in [-0.2, 0) is 17.8 Å². The molecule has 2 rings (SSSR count). The number of nitrogens with two attached hydrogens (primary N) is 1. The molecule has 0 spiro atoms. The van der Waals surface area contributed by atoms with Crippen LogP contribution in [0.4, 0.5) is 0 Å². The zero-order valence-corrected chi connectivity index (χ0v) is 12.7. The lowest BCUT2D eigenvalue weighted by molar-refractivity contribution is 0.0484. The third-order valence-corrected chi connectivity index (χ3v) is 2.82. The van der Waals surface area contributed by atoms with Gasteiger partial charge in [-0.3, -0.25) is 0 Å². The van der Waals surface area contributed by atoms with Gasteiger partial charge in [-0.1, -0.05) is 18.2 Å².